The molecule has 10 nitrogen and oxygen atoms in total. The van der Waals surface area contributed by atoms with Gasteiger partial charge in [-0.1, -0.05) is 58.4 Å². The van der Waals surface area contributed by atoms with Gasteiger partial charge in [0.1, 0.15) is 29.4 Å². The summed E-state index contributed by atoms with van der Waals surface area (Å²) >= 11 is 0. The normalized spacial score (nSPS) is 22.1. The van der Waals surface area contributed by atoms with Gasteiger partial charge in [-0.3, -0.25) is 9.69 Å². The van der Waals surface area contributed by atoms with E-state index in [9.17, 15) is 9.18 Å². The van der Waals surface area contributed by atoms with E-state index in [-0.39, 0.29) is 23.6 Å². The summed E-state index contributed by atoms with van der Waals surface area (Å²) in [5.74, 6) is -0.188. The van der Waals surface area contributed by atoms with Crippen LogP contribution in [0.1, 0.15) is 95.1 Å². The summed E-state index contributed by atoms with van der Waals surface area (Å²) in [7, 11) is 1.46. The van der Waals surface area contributed by atoms with Crippen LogP contribution in [0.15, 0.2) is 48.8 Å². The highest BCUT2D eigenvalue weighted by molar-refractivity contribution is 5.98. The fraction of sp³-hybridized carbons (Fsp3) is 0.538. The molecule has 11 heteroatoms. The molecule has 2 fully saturated rings. The van der Waals surface area contributed by atoms with Gasteiger partial charge in [-0.05, 0) is 81.3 Å². The monoisotopic (exact) mass is 684 g/mol. The zero-order valence-corrected chi connectivity index (χ0v) is 30.5. The Kier molecular flexibility index (Phi) is 10.7. The first-order valence-corrected chi connectivity index (χ1v) is 18.2. The number of rotatable bonds is 13. The fourth-order valence-electron chi connectivity index (χ4n) is 8.14. The second-order valence-corrected chi connectivity index (χ2v) is 14.9. The highest BCUT2D eigenvalue weighted by Crippen LogP contribution is 2.46. The zero-order chi connectivity index (χ0) is 35.6. The number of ether oxygens (including phenoxy) is 1. The third-order valence-electron chi connectivity index (χ3n) is 11.0. The molecule has 1 saturated carbocycles. The first-order valence-electron chi connectivity index (χ1n) is 18.2. The predicted molar refractivity (Wildman–Crippen MR) is 196 cm³/mol. The van der Waals surface area contributed by atoms with Gasteiger partial charge in [0.2, 0.25) is 0 Å². The molecule has 0 bridgehead atoms. The summed E-state index contributed by atoms with van der Waals surface area (Å²) in [5.41, 5.74) is 9.93. The number of carbonyl (C=O) groups is 1. The minimum absolute atomic E-state index is 0.0171. The van der Waals surface area contributed by atoms with Gasteiger partial charge >= 0.3 is 0 Å². The Morgan fingerprint density at radius 3 is 2.56 bits per heavy atom. The van der Waals surface area contributed by atoms with Crippen molar-refractivity contribution in [3.63, 3.8) is 0 Å². The van der Waals surface area contributed by atoms with E-state index in [0.29, 0.717) is 29.7 Å². The molecule has 1 aliphatic heterocycles. The molecule has 3 heterocycles. The van der Waals surface area contributed by atoms with E-state index in [1.807, 2.05) is 24.3 Å². The number of hydrogen-bond acceptors (Lipinski definition) is 8. The molecule has 2 aromatic heterocycles. The summed E-state index contributed by atoms with van der Waals surface area (Å²) in [6.07, 6.45) is 8.75. The Labute approximate surface area is 295 Å². The van der Waals surface area contributed by atoms with Crippen molar-refractivity contribution in [3.05, 3.63) is 65.7 Å². The van der Waals surface area contributed by atoms with Crippen LogP contribution < -0.4 is 15.8 Å². The van der Waals surface area contributed by atoms with Crippen molar-refractivity contribution >= 4 is 22.8 Å². The number of piperidine rings is 1. The van der Waals surface area contributed by atoms with Crippen molar-refractivity contribution in [1.29, 1.82) is 0 Å². The molecule has 0 radical (unpaired) electrons. The molecule has 2 atom stereocenters. The number of nitrogens with zero attached hydrogens (tertiary/aromatic N) is 6. The van der Waals surface area contributed by atoms with Crippen LogP contribution in [-0.2, 0) is 6.54 Å². The molecule has 1 amide bonds. The number of amides is 1. The lowest BCUT2D eigenvalue weighted by Crippen LogP contribution is -2.60. The molecule has 4 aromatic rings. The molecule has 1 saturated heterocycles. The van der Waals surface area contributed by atoms with E-state index >= 15 is 0 Å². The number of hydrogen-bond donors (Lipinski definition) is 2. The van der Waals surface area contributed by atoms with Gasteiger partial charge in [0, 0.05) is 36.8 Å². The van der Waals surface area contributed by atoms with Crippen LogP contribution in [0.2, 0.25) is 0 Å². The Bertz CT molecular complexity index is 1780. The SMILES string of the molecule is CCCCN(CCC)C1CC(N2CC(n3nc(-c4ccc(CNC(=O)c5cc(F)ccc5OC)cc4)c4c(N)ncnc43)C(C)(C)CC2C)C1. The van der Waals surface area contributed by atoms with E-state index in [0.717, 1.165) is 40.8 Å². The number of unbranched alkanes of at least 4 members (excludes halogenated alkanes) is 1. The standard InChI is InChI=1S/C39H53FN8O2/c1-7-9-17-46(16-8-2)29-19-30(20-29)47-23-33(39(4,5)21-25(47)3)48-37-34(36(41)43-24-44-37)35(45-48)27-12-10-26(11-13-27)22-42-38(49)31-18-28(40)14-15-32(31)50-6/h10-15,18,24-25,29-30,33H,7-9,16-17,19-23H2,1-6H3,(H,42,49)(H2,41,43,44). The summed E-state index contributed by atoms with van der Waals surface area (Å²) in [4.78, 5) is 27.4. The highest BCUT2D eigenvalue weighted by atomic mass is 19.1. The van der Waals surface area contributed by atoms with Crippen molar-refractivity contribution in [2.45, 2.75) is 104 Å². The lowest BCUT2D eigenvalue weighted by molar-refractivity contribution is -0.0507. The van der Waals surface area contributed by atoms with Crippen LogP contribution in [0.3, 0.4) is 0 Å². The molecule has 1 aliphatic carbocycles. The molecule has 2 unspecified atom stereocenters. The quantitative estimate of drug-likeness (QED) is 0.157. The Morgan fingerprint density at radius 2 is 1.86 bits per heavy atom. The minimum atomic E-state index is -0.498. The van der Waals surface area contributed by atoms with Crippen LogP contribution in [0.5, 0.6) is 5.75 Å². The summed E-state index contributed by atoms with van der Waals surface area (Å²) in [5, 5.41) is 8.88. The summed E-state index contributed by atoms with van der Waals surface area (Å²) in [6.45, 7) is 15.2. The van der Waals surface area contributed by atoms with Gasteiger partial charge in [0.05, 0.1) is 24.1 Å². The number of nitrogens with two attached hydrogens (primary N) is 1. The first kappa shape index (κ1) is 35.7. The molecule has 6 rings (SSSR count). The maximum Gasteiger partial charge on any atom is 0.255 e. The van der Waals surface area contributed by atoms with Crippen molar-refractivity contribution in [3.8, 4) is 17.0 Å². The molecule has 50 heavy (non-hydrogen) atoms. The molecule has 268 valence electrons. The number of nitrogens with one attached hydrogen (secondary N) is 1. The smallest absolute Gasteiger partial charge is 0.255 e. The third kappa shape index (κ3) is 7.21. The number of fused-ring (bicyclic) bond motifs is 1. The van der Waals surface area contributed by atoms with Gasteiger partial charge in [0.15, 0.2) is 5.65 Å². The predicted octanol–water partition coefficient (Wildman–Crippen LogP) is 6.86. The summed E-state index contributed by atoms with van der Waals surface area (Å²) < 4.78 is 21.2. The number of aromatic nitrogens is 4. The largest absolute Gasteiger partial charge is 0.496 e. The Morgan fingerprint density at radius 1 is 1.10 bits per heavy atom. The lowest BCUT2D eigenvalue weighted by Gasteiger charge is -2.55. The van der Waals surface area contributed by atoms with Crippen molar-refractivity contribution < 1.29 is 13.9 Å². The highest BCUT2D eigenvalue weighted by Gasteiger charge is 2.47. The van der Waals surface area contributed by atoms with Crippen LogP contribution in [-0.4, -0.2) is 80.3 Å². The van der Waals surface area contributed by atoms with E-state index in [1.54, 1.807) is 0 Å². The fourth-order valence-corrected chi connectivity index (χ4v) is 8.14. The van der Waals surface area contributed by atoms with Crippen LogP contribution >= 0.6 is 0 Å². The molecule has 2 aliphatic rings. The Hall–Kier alpha value is -4.09. The molecule has 2 aromatic carbocycles. The van der Waals surface area contributed by atoms with Crippen LogP contribution in [0.4, 0.5) is 10.2 Å². The minimum Gasteiger partial charge on any atom is -0.496 e. The molecular weight excluding hydrogens is 631 g/mol. The number of methoxy groups -OCH3 is 1. The van der Waals surface area contributed by atoms with Gasteiger partial charge < -0.3 is 20.7 Å². The lowest BCUT2D eigenvalue weighted by atomic mass is 9.72. The number of nitrogen functional groups attached to an aromatic ring is 1. The second-order valence-electron chi connectivity index (χ2n) is 14.9. The zero-order valence-electron chi connectivity index (χ0n) is 30.5. The number of likely N-dealkylation sites (tertiary alicyclic amines) is 1. The maximum absolute atomic E-state index is 13.8. The summed E-state index contributed by atoms with van der Waals surface area (Å²) in [6, 6.07) is 13.6. The van der Waals surface area contributed by atoms with Crippen LogP contribution in [0.25, 0.3) is 22.3 Å². The molecular formula is C39H53FN8O2. The third-order valence-corrected chi connectivity index (χ3v) is 11.0. The number of benzene rings is 2. The number of halogens is 1. The maximum atomic E-state index is 13.8. The van der Waals surface area contributed by atoms with E-state index in [1.165, 1.54) is 76.8 Å². The van der Waals surface area contributed by atoms with Crippen molar-refractivity contribution in [2.24, 2.45) is 5.41 Å². The van der Waals surface area contributed by atoms with E-state index < -0.39 is 11.7 Å². The van der Waals surface area contributed by atoms with Crippen molar-refractivity contribution in [1.82, 2.24) is 34.9 Å². The topological polar surface area (TPSA) is 114 Å². The molecule has 3 N–H and O–H groups in total. The van der Waals surface area contributed by atoms with Crippen molar-refractivity contribution in [2.75, 3.05) is 32.5 Å². The average molecular weight is 685 g/mol. The van der Waals surface area contributed by atoms with Gasteiger partial charge in [-0.15, -0.1) is 0 Å². The Balaban J connectivity index is 1.22. The van der Waals surface area contributed by atoms with Gasteiger partial charge in [-0.2, -0.15) is 5.10 Å². The molecule has 0 spiro atoms. The van der Waals surface area contributed by atoms with E-state index in [4.69, 9.17) is 20.6 Å². The number of anilines is 1. The number of carbonyl (C=O) groups excluding carboxylic acids is 1. The van der Waals surface area contributed by atoms with Crippen LogP contribution in [0, 0.1) is 11.2 Å². The second kappa shape index (κ2) is 15.0. The van der Waals surface area contributed by atoms with Gasteiger partial charge in [-0.25, -0.2) is 19.0 Å². The van der Waals surface area contributed by atoms with Gasteiger partial charge in [0.25, 0.3) is 5.91 Å². The first-order chi connectivity index (χ1) is 24.0. The van der Waals surface area contributed by atoms with E-state index in [2.05, 4.69) is 59.4 Å². The average Bonchev–Trinajstić information content (AvgIpc) is 3.46.